The summed E-state index contributed by atoms with van der Waals surface area (Å²) in [5.41, 5.74) is 5.48. The van der Waals surface area contributed by atoms with E-state index in [4.69, 9.17) is 4.98 Å². The van der Waals surface area contributed by atoms with Crippen LogP contribution in [0, 0.1) is 5.92 Å². The van der Waals surface area contributed by atoms with E-state index in [1.54, 1.807) is 0 Å². The van der Waals surface area contributed by atoms with Crippen LogP contribution in [0.1, 0.15) is 55.3 Å². The Labute approximate surface area is 156 Å². The Morgan fingerprint density at radius 1 is 1.19 bits per heavy atom. The van der Waals surface area contributed by atoms with Gasteiger partial charge in [-0.25, -0.2) is 4.98 Å². The standard InChI is InChI=1S/C23H28N2O/c1-15-13-19-21(17-9-5-4-6-10-17)20(16(2)26)22(18-11-7-8-12-18)24-23(19)25(3)14-15/h4-6,9-10,15,18,26H,2,7-8,11-14H2,1,3H3. The van der Waals surface area contributed by atoms with Gasteiger partial charge in [-0.05, 0) is 30.7 Å². The van der Waals surface area contributed by atoms with Gasteiger partial charge in [0, 0.05) is 36.2 Å². The number of anilines is 1. The second-order valence-corrected chi connectivity index (χ2v) is 8.03. The first-order valence-electron chi connectivity index (χ1n) is 9.77. The Balaban J connectivity index is 2.03. The highest BCUT2D eigenvalue weighted by atomic mass is 16.3. The fourth-order valence-electron chi connectivity index (χ4n) is 4.81. The van der Waals surface area contributed by atoms with E-state index in [1.165, 1.54) is 18.4 Å². The summed E-state index contributed by atoms with van der Waals surface area (Å²) in [6.45, 7) is 7.24. The molecule has 0 radical (unpaired) electrons. The van der Waals surface area contributed by atoms with Gasteiger partial charge in [-0.1, -0.05) is 56.7 Å². The Morgan fingerprint density at radius 3 is 2.54 bits per heavy atom. The van der Waals surface area contributed by atoms with E-state index < -0.39 is 0 Å². The van der Waals surface area contributed by atoms with Crippen molar-refractivity contribution in [3.05, 3.63) is 53.7 Å². The number of aliphatic hydroxyl groups excluding tert-OH is 1. The van der Waals surface area contributed by atoms with Crippen LogP contribution in [-0.2, 0) is 6.42 Å². The van der Waals surface area contributed by atoms with Crippen LogP contribution in [0.2, 0.25) is 0 Å². The zero-order valence-electron chi connectivity index (χ0n) is 15.8. The van der Waals surface area contributed by atoms with Crippen LogP contribution >= 0.6 is 0 Å². The van der Waals surface area contributed by atoms with Crippen LogP contribution in [0.25, 0.3) is 16.9 Å². The van der Waals surface area contributed by atoms with Crippen molar-refractivity contribution < 1.29 is 5.11 Å². The van der Waals surface area contributed by atoms with E-state index in [2.05, 4.69) is 49.7 Å². The zero-order chi connectivity index (χ0) is 18.3. The number of rotatable bonds is 3. The van der Waals surface area contributed by atoms with Crippen LogP contribution in [0.5, 0.6) is 0 Å². The Morgan fingerprint density at radius 2 is 1.88 bits per heavy atom. The maximum atomic E-state index is 10.6. The molecule has 0 amide bonds. The molecule has 1 fully saturated rings. The molecule has 1 aliphatic carbocycles. The summed E-state index contributed by atoms with van der Waals surface area (Å²) >= 11 is 0. The predicted octanol–water partition coefficient (Wildman–Crippen LogP) is 5.56. The Bertz CT molecular complexity index is 822. The monoisotopic (exact) mass is 348 g/mol. The fraction of sp³-hybridized carbons (Fsp3) is 0.435. The van der Waals surface area contributed by atoms with Crippen LogP contribution in [0.4, 0.5) is 5.82 Å². The molecule has 2 aliphatic rings. The molecule has 2 aromatic rings. The maximum absolute atomic E-state index is 10.6. The van der Waals surface area contributed by atoms with Crippen molar-refractivity contribution in [1.29, 1.82) is 0 Å². The quantitative estimate of drug-likeness (QED) is 0.737. The molecule has 3 nitrogen and oxygen atoms in total. The van der Waals surface area contributed by atoms with Crippen molar-refractivity contribution in [3.63, 3.8) is 0 Å². The van der Waals surface area contributed by atoms with Crippen LogP contribution in [-0.4, -0.2) is 23.7 Å². The highest BCUT2D eigenvalue weighted by molar-refractivity contribution is 5.85. The van der Waals surface area contributed by atoms with E-state index >= 15 is 0 Å². The minimum atomic E-state index is 0.155. The molecule has 1 aromatic carbocycles. The average Bonchev–Trinajstić information content (AvgIpc) is 3.15. The molecule has 0 bridgehead atoms. The minimum Gasteiger partial charge on any atom is -0.508 e. The lowest BCUT2D eigenvalue weighted by atomic mass is 9.84. The fourth-order valence-corrected chi connectivity index (χ4v) is 4.81. The zero-order valence-corrected chi connectivity index (χ0v) is 15.8. The summed E-state index contributed by atoms with van der Waals surface area (Å²) in [7, 11) is 2.14. The highest BCUT2D eigenvalue weighted by Gasteiger charge is 2.32. The molecule has 1 aromatic heterocycles. The molecule has 1 saturated carbocycles. The van der Waals surface area contributed by atoms with Crippen molar-refractivity contribution in [2.75, 3.05) is 18.5 Å². The van der Waals surface area contributed by atoms with Gasteiger partial charge in [-0.3, -0.25) is 0 Å². The molecule has 1 unspecified atom stereocenters. The first-order valence-corrected chi connectivity index (χ1v) is 9.77. The molecular formula is C23H28N2O. The van der Waals surface area contributed by atoms with Crippen molar-refractivity contribution in [3.8, 4) is 11.1 Å². The van der Waals surface area contributed by atoms with Gasteiger partial charge >= 0.3 is 0 Å². The molecule has 1 atom stereocenters. The number of nitrogens with zero attached hydrogens (tertiary/aromatic N) is 2. The lowest BCUT2D eigenvalue weighted by Gasteiger charge is -2.34. The number of benzene rings is 1. The van der Waals surface area contributed by atoms with Crippen molar-refractivity contribution >= 4 is 11.6 Å². The number of hydrogen-bond donors (Lipinski definition) is 1. The summed E-state index contributed by atoms with van der Waals surface area (Å²) in [5.74, 6) is 2.24. The van der Waals surface area contributed by atoms with Crippen molar-refractivity contribution in [2.45, 2.75) is 44.9 Å². The smallest absolute Gasteiger partial charge is 0.132 e. The lowest BCUT2D eigenvalue weighted by Crippen LogP contribution is -2.33. The molecule has 26 heavy (non-hydrogen) atoms. The van der Waals surface area contributed by atoms with E-state index in [1.807, 2.05) is 6.07 Å². The third-order valence-electron chi connectivity index (χ3n) is 5.90. The number of fused-ring (bicyclic) bond motifs is 1. The second-order valence-electron chi connectivity index (χ2n) is 8.03. The minimum absolute atomic E-state index is 0.155. The van der Waals surface area contributed by atoms with Crippen LogP contribution in [0.15, 0.2) is 36.9 Å². The topological polar surface area (TPSA) is 36.4 Å². The largest absolute Gasteiger partial charge is 0.508 e. The molecule has 1 aliphatic heterocycles. The van der Waals surface area contributed by atoms with Crippen molar-refractivity contribution in [1.82, 2.24) is 4.98 Å². The van der Waals surface area contributed by atoms with Crippen LogP contribution in [0.3, 0.4) is 0 Å². The third-order valence-corrected chi connectivity index (χ3v) is 5.90. The number of hydrogen-bond acceptors (Lipinski definition) is 3. The number of aliphatic hydroxyl groups is 1. The van der Waals surface area contributed by atoms with Crippen LogP contribution < -0.4 is 4.90 Å². The van der Waals surface area contributed by atoms with Crippen molar-refractivity contribution in [2.24, 2.45) is 5.92 Å². The molecule has 0 saturated heterocycles. The molecule has 2 heterocycles. The number of aromatic nitrogens is 1. The first-order chi connectivity index (χ1) is 12.6. The summed E-state index contributed by atoms with van der Waals surface area (Å²) < 4.78 is 0. The highest BCUT2D eigenvalue weighted by Crippen LogP contribution is 2.45. The van der Waals surface area contributed by atoms with Gasteiger partial charge in [0.2, 0.25) is 0 Å². The average molecular weight is 348 g/mol. The molecule has 0 spiro atoms. The van der Waals surface area contributed by atoms with Gasteiger partial charge in [0.25, 0.3) is 0 Å². The maximum Gasteiger partial charge on any atom is 0.132 e. The van der Waals surface area contributed by atoms with E-state index in [9.17, 15) is 5.11 Å². The van der Waals surface area contributed by atoms with E-state index in [-0.39, 0.29) is 5.76 Å². The summed E-state index contributed by atoms with van der Waals surface area (Å²) in [4.78, 5) is 7.41. The van der Waals surface area contributed by atoms with Gasteiger partial charge < -0.3 is 10.0 Å². The van der Waals surface area contributed by atoms with E-state index in [0.717, 1.165) is 54.0 Å². The normalized spacial score (nSPS) is 20.2. The van der Waals surface area contributed by atoms with Gasteiger partial charge in [0.1, 0.15) is 11.6 Å². The van der Waals surface area contributed by atoms with Gasteiger partial charge in [0.15, 0.2) is 0 Å². The van der Waals surface area contributed by atoms with E-state index in [0.29, 0.717) is 11.8 Å². The summed E-state index contributed by atoms with van der Waals surface area (Å²) in [6, 6.07) is 10.4. The molecule has 1 N–H and O–H groups in total. The predicted molar refractivity (Wildman–Crippen MR) is 109 cm³/mol. The molecule has 4 rings (SSSR count). The Kier molecular flexibility index (Phi) is 4.47. The van der Waals surface area contributed by atoms with Gasteiger partial charge in [-0.15, -0.1) is 0 Å². The number of pyridine rings is 1. The molecule has 3 heteroatoms. The van der Waals surface area contributed by atoms with Gasteiger partial charge in [-0.2, -0.15) is 0 Å². The summed E-state index contributed by atoms with van der Waals surface area (Å²) in [6.07, 6.45) is 5.78. The molecule has 136 valence electrons. The second kappa shape index (κ2) is 6.79. The lowest BCUT2D eigenvalue weighted by molar-refractivity contribution is 0.508. The Hall–Kier alpha value is -2.29. The molecular weight excluding hydrogens is 320 g/mol. The van der Waals surface area contributed by atoms with Gasteiger partial charge in [0.05, 0.1) is 5.69 Å². The third kappa shape index (κ3) is 2.90. The summed E-state index contributed by atoms with van der Waals surface area (Å²) in [5, 5.41) is 10.6. The SMILES string of the molecule is C=C(O)c1c(C2CCCC2)nc2c(c1-c1ccccc1)CC(C)CN2C. The first kappa shape index (κ1) is 17.1.